The number of nitrogens with two attached hydrogens (primary N) is 1. The molecule has 2 aromatic heterocycles. The van der Waals surface area contributed by atoms with E-state index >= 15 is 0 Å². The predicted molar refractivity (Wildman–Crippen MR) is 83.1 cm³/mol. The standard InChI is InChI=1S/C13H15N5O4S/c1-21-8-3-4-11-10(7-8)15-9(5-6-14)12-16-17-13(18(11)12)22-23(2,19)20/h3-4,7H,5-6,14H2,1-2H3. The van der Waals surface area contributed by atoms with E-state index in [0.717, 1.165) is 6.26 Å². The van der Waals surface area contributed by atoms with Crippen molar-refractivity contribution in [3.63, 3.8) is 0 Å². The van der Waals surface area contributed by atoms with E-state index in [9.17, 15) is 8.42 Å². The van der Waals surface area contributed by atoms with Gasteiger partial charge in [0.1, 0.15) is 5.75 Å². The highest BCUT2D eigenvalue weighted by Gasteiger charge is 2.18. The molecule has 0 atom stereocenters. The highest BCUT2D eigenvalue weighted by atomic mass is 32.2. The SMILES string of the molecule is COc1ccc2c(c1)nc(CCN)c1nnc(OS(C)(=O)=O)n12. The lowest BCUT2D eigenvalue weighted by molar-refractivity contribution is 0.415. The highest BCUT2D eigenvalue weighted by Crippen LogP contribution is 2.25. The Morgan fingerprint density at radius 2 is 2.09 bits per heavy atom. The number of hydrogen-bond donors (Lipinski definition) is 1. The average Bonchev–Trinajstić information content (AvgIpc) is 2.89. The summed E-state index contributed by atoms with van der Waals surface area (Å²) in [4.78, 5) is 4.52. The summed E-state index contributed by atoms with van der Waals surface area (Å²) in [5.41, 5.74) is 7.82. The molecule has 2 N–H and O–H groups in total. The Hall–Kier alpha value is -2.46. The number of ether oxygens (including phenoxy) is 1. The van der Waals surface area contributed by atoms with E-state index in [0.29, 0.717) is 41.1 Å². The second-order valence-corrected chi connectivity index (χ2v) is 6.46. The van der Waals surface area contributed by atoms with Crippen molar-refractivity contribution in [1.82, 2.24) is 19.6 Å². The van der Waals surface area contributed by atoms with Crippen LogP contribution >= 0.6 is 0 Å². The smallest absolute Gasteiger partial charge is 0.338 e. The maximum Gasteiger partial charge on any atom is 0.338 e. The van der Waals surface area contributed by atoms with Crippen molar-refractivity contribution in [2.75, 3.05) is 19.9 Å². The minimum Gasteiger partial charge on any atom is -0.497 e. The largest absolute Gasteiger partial charge is 0.497 e. The van der Waals surface area contributed by atoms with Crippen molar-refractivity contribution in [2.45, 2.75) is 6.42 Å². The Labute approximate surface area is 132 Å². The number of rotatable bonds is 5. The molecule has 0 unspecified atom stereocenters. The van der Waals surface area contributed by atoms with E-state index in [1.165, 1.54) is 4.40 Å². The van der Waals surface area contributed by atoms with Gasteiger partial charge in [0.15, 0.2) is 5.65 Å². The van der Waals surface area contributed by atoms with Crippen molar-refractivity contribution in [1.29, 1.82) is 0 Å². The zero-order valence-electron chi connectivity index (χ0n) is 12.6. The second kappa shape index (κ2) is 5.63. The lowest BCUT2D eigenvalue weighted by Gasteiger charge is -2.09. The van der Waals surface area contributed by atoms with Crippen LogP contribution in [0.25, 0.3) is 16.7 Å². The summed E-state index contributed by atoms with van der Waals surface area (Å²) in [6.45, 7) is 0.368. The van der Waals surface area contributed by atoms with Crippen molar-refractivity contribution in [3.05, 3.63) is 23.9 Å². The Morgan fingerprint density at radius 1 is 1.30 bits per heavy atom. The van der Waals surface area contributed by atoms with Crippen molar-refractivity contribution < 1.29 is 17.3 Å². The fourth-order valence-electron chi connectivity index (χ4n) is 2.27. The van der Waals surface area contributed by atoms with Gasteiger partial charge in [0, 0.05) is 12.5 Å². The molecular formula is C13H15N5O4S. The van der Waals surface area contributed by atoms with Gasteiger partial charge in [-0.1, -0.05) is 5.10 Å². The number of hydrogen-bond acceptors (Lipinski definition) is 8. The van der Waals surface area contributed by atoms with E-state index < -0.39 is 10.1 Å². The Morgan fingerprint density at radius 3 is 2.74 bits per heavy atom. The quantitative estimate of drug-likeness (QED) is 0.652. The molecule has 0 aliphatic heterocycles. The summed E-state index contributed by atoms with van der Waals surface area (Å²) in [7, 11) is -2.19. The van der Waals surface area contributed by atoms with Crippen LogP contribution in [0.1, 0.15) is 5.69 Å². The molecule has 9 nitrogen and oxygen atoms in total. The lowest BCUT2D eigenvalue weighted by Crippen LogP contribution is -2.10. The molecule has 0 spiro atoms. The summed E-state index contributed by atoms with van der Waals surface area (Å²) in [6, 6.07) is 5.06. The molecule has 0 aliphatic rings. The van der Waals surface area contributed by atoms with Gasteiger partial charge in [-0.15, -0.1) is 5.10 Å². The van der Waals surface area contributed by atoms with Crippen LogP contribution in [0, 0.1) is 0 Å². The second-order valence-electron chi connectivity index (χ2n) is 4.88. The maximum atomic E-state index is 11.4. The van der Waals surface area contributed by atoms with Crippen LogP contribution in [0.3, 0.4) is 0 Å². The zero-order chi connectivity index (χ0) is 16.6. The molecule has 1 aromatic carbocycles. The van der Waals surface area contributed by atoms with Gasteiger partial charge in [0.25, 0.3) is 0 Å². The first-order chi connectivity index (χ1) is 10.9. The van der Waals surface area contributed by atoms with Crippen LogP contribution in [-0.2, 0) is 16.5 Å². The average molecular weight is 337 g/mol. The molecular weight excluding hydrogens is 322 g/mol. The first-order valence-electron chi connectivity index (χ1n) is 6.74. The molecule has 0 bridgehead atoms. The predicted octanol–water partition coefficient (Wildman–Crippen LogP) is 0.126. The van der Waals surface area contributed by atoms with Crippen LogP contribution in [0.15, 0.2) is 18.2 Å². The zero-order valence-corrected chi connectivity index (χ0v) is 13.4. The molecule has 0 radical (unpaired) electrons. The topological polar surface area (TPSA) is 122 Å². The molecule has 122 valence electrons. The van der Waals surface area contributed by atoms with E-state index in [-0.39, 0.29) is 6.01 Å². The van der Waals surface area contributed by atoms with Gasteiger partial charge in [0.2, 0.25) is 0 Å². The van der Waals surface area contributed by atoms with Crippen LogP contribution in [0.5, 0.6) is 11.8 Å². The van der Waals surface area contributed by atoms with Crippen molar-refractivity contribution in [3.8, 4) is 11.8 Å². The van der Waals surface area contributed by atoms with Gasteiger partial charge in [-0.3, -0.25) is 0 Å². The molecule has 3 aromatic rings. The summed E-state index contributed by atoms with van der Waals surface area (Å²) in [6.07, 6.45) is 1.41. The molecule has 23 heavy (non-hydrogen) atoms. The Bertz CT molecular complexity index is 983. The summed E-state index contributed by atoms with van der Waals surface area (Å²) >= 11 is 0. The number of aromatic nitrogens is 4. The summed E-state index contributed by atoms with van der Waals surface area (Å²) in [5, 5.41) is 7.80. The fourth-order valence-corrected chi connectivity index (χ4v) is 2.65. The molecule has 3 rings (SSSR count). The van der Waals surface area contributed by atoms with Crippen molar-refractivity contribution in [2.24, 2.45) is 5.73 Å². The molecule has 0 amide bonds. The van der Waals surface area contributed by atoms with Gasteiger partial charge in [-0.25, -0.2) is 9.38 Å². The normalized spacial score (nSPS) is 12.0. The third-order valence-corrected chi connectivity index (χ3v) is 3.63. The highest BCUT2D eigenvalue weighted by molar-refractivity contribution is 7.86. The summed E-state index contributed by atoms with van der Waals surface area (Å²) in [5.74, 6) is 0.627. The number of benzene rings is 1. The van der Waals surface area contributed by atoms with Crippen molar-refractivity contribution >= 4 is 26.8 Å². The Balaban J connectivity index is 2.36. The van der Waals surface area contributed by atoms with E-state index in [2.05, 4.69) is 15.2 Å². The molecule has 2 heterocycles. The summed E-state index contributed by atoms with van der Waals surface area (Å²) < 4.78 is 34.5. The van der Waals surface area contributed by atoms with E-state index in [4.69, 9.17) is 14.7 Å². The number of methoxy groups -OCH3 is 1. The van der Waals surface area contributed by atoms with Gasteiger partial charge in [0.05, 0.1) is 30.1 Å². The molecule has 10 heteroatoms. The molecule has 0 fully saturated rings. The third kappa shape index (κ3) is 2.90. The van der Waals surface area contributed by atoms with Crippen LogP contribution in [0.4, 0.5) is 0 Å². The first kappa shape index (κ1) is 15.4. The molecule has 0 saturated heterocycles. The third-order valence-electron chi connectivity index (χ3n) is 3.18. The van der Waals surface area contributed by atoms with E-state index in [1.54, 1.807) is 25.3 Å². The number of fused-ring (bicyclic) bond motifs is 3. The first-order valence-corrected chi connectivity index (χ1v) is 8.56. The van der Waals surface area contributed by atoms with Gasteiger partial charge in [-0.05, 0) is 18.7 Å². The monoisotopic (exact) mass is 337 g/mol. The van der Waals surface area contributed by atoms with Gasteiger partial charge >= 0.3 is 16.1 Å². The van der Waals surface area contributed by atoms with E-state index in [1.807, 2.05) is 0 Å². The van der Waals surface area contributed by atoms with Crippen LogP contribution in [0.2, 0.25) is 0 Å². The Kier molecular flexibility index (Phi) is 3.78. The number of nitrogens with zero attached hydrogens (tertiary/aromatic N) is 4. The minimum absolute atomic E-state index is 0.140. The van der Waals surface area contributed by atoms with Crippen LogP contribution in [-0.4, -0.2) is 47.9 Å². The maximum absolute atomic E-state index is 11.4. The van der Waals surface area contributed by atoms with Gasteiger partial charge in [-0.2, -0.15) is 8.42 Å². The fraction of sp³-hybridized carbons (Fsp3) is 0.308. The molecule has 0 aliphatic carbocycles. The van der Waals surface area contributed by atoms with Gasteiger partial charge < -0.3 is 14.7 Å². The minimum atomic E-state index is -3.74. The lowest BCUT2D eigenvalue weighted by atomic mass is 10.2. The molecule has 0 saturated carbocycles. The van der Waals surface area contributed by atoms with Crippen LogP contribution < -0.4 is 14.7 Å².